The lowest BCUT2D eigenvalue weighted by Crippen LogP contribution is -2.52. The molecule has 1 saturated heterocycles. The Balaban J connectivity index is 1.69. The summed E-state index contributed by atoms with van der Waals surface area (Å²) in [4.78, 5) is 2.15. The van der Waals surface area contributed by atoms with Crippen LogP contribution in [0.15, 0.2) is 30.3 Å². The molecule has 1 unspecified atom stereocenters. The molecule has 0 amide bonds. The number of nitrogens with one attached hydrogen (secondary N) is 1. The van der Waals surface area contributed by atoms with Gasteiger partial charge in [0.25, 0.3) is 0 Å². The van der Waals surface area contributed by atoms with Crippen LogP contribution >= 0.6 is 0 Å². The van der Waals surface area contributed by atoms with Crippen LogP contribution in [-0.4, -0.2) is 56.5 Å². The van der Waals surface area contributed by atoms with Crippen LogP contribution in [0, 0.1) is 0 Å². The number of ether oxygens (including phenoxy) is 1. The van der Waals surface area contributed by atoms with Gasteiger partial charge in [0.05, 0.1) is 6.61 Å². The number of rotatable bonds is 6. The third kappa shape index (κ3) is 6.46. The van der Waals surface area contributed by atoms with Gasteiger partial charge in [-0.25, -0.2) is 0 Å². The quantitative estimate of drug-likeness (QED) is 0.814. The zero-order valence-corrected chi connectivity index (χ0v) is 11.9. The van der Waals surface area contributed by atoms with Crippen LogP contribution < -0.4 is 5.32 Å². The molecule has 118 valence electrons. The van der Waals surface area contributed by atoms with Crippen molar-refractivity contribution in [2.24, 2.45) is 0 Å². The molecule has 1 heterocycles. The summed E-state index contributed by atoms with van der Waals surface area (Å²) >= 11 is 0. The molecule has 6 heteroatoms. The number of nitrogens with zero attached hydrogens (tertiary/aromatic N) is 1. The molecule has 0 saturated carbocycles. The van der Waals surface area contributed by atoms with E-state index in [1.54, 1.807) is 0 Å². The van der Waals surface area contributed by atoms with Gasteiger partial charge >= 0.3 is 6.18 Å². The van der Waals surface area contributed by atoms with E-state index in [-0.39, 0.29) is 6.61 Å². The number of hydrogen-bond acceptors (Lipinski definition) is 3. The van der Waals surface area contributed by atoms with Crippen molar-refractivity contribution in [2.75, 3.05) is 39.4 Å². The van der Waals surface area contributed by atoms with Gasteiger partial charge in [0, 0.05) is 32.2 Å². The first-order chi connectivity index (χ1) is 10.0. The van der Waals surface area contributed by atoms with E-state index in [4.69, 9.17) is 0 Å². The Hall–Kier alpha value is -1.11. The monoisotopic (exact) mass is 302 g/mol. The normalized spacial score (nSPS) is 20.6. The SMILES string of the molecule is FC(F)(F)COCCN1CCNC(Cc2ccccc2)C1. The highest BCUT2D eigenvalue weighted by atomic mass is 19.4. The fourth-order valence-corrected chi connectivity index (χ4v) is 2.51. The van der Waals surface area contributed by atoms with Gasteiger partial charge in [-0.1, -0.05) is 30.3 Å². The maximum absolute atomic E-state index is 12.0. The van der Waals surface area contributed by atoms with Crippen LogP contribution in [0.3, 0.4) is 0 Å². The van der Waals surface area contributed by atoms with E-state index in [1.165, 1.54) is 5.56 Å². The number of alkyl halides is 3. The summed E-state index contributed by atoms with van der Waals surface area (Å²) in [6, 6.07) is 10.5. The maximum atomic E-state index is 12.0. The van der Waals surface area contributed by atoms with Gasteiger partial charge < -0.3 is 10.1 Å². The van der Waals surface area contributed by atoms with Crippen molar-refractivity contribution in [3.8, 4) is 0 Å². The molecule has 1 aromatic rings. The zero-order valence-electron chi connectivity index (χ0n) is 11.9. The summed E-state index contributed by atoms with van der Waals surface area (Å²) in [5.41, 5.74) is 1.27. The maximum Gasteiger partial charge on any atom is 0.411 e. The van der Waals surface area contributed by atoms with Gasteiger partial charge in [0.2, 0.25) is 0 Å². The Kier molecular flexibility index (Phi) is 6.02. The first-order valence-electron chi connectivity index (χ1n) is 7.17. The molecule has 0 spiro atoms. The molecule has 1 atom stereocenters. The third-order valence-electron chi connectivity index (χ3n) is 3.48. The molecule has 3 nitrogen and oxygen atoms in total. The van der Waals surface area contributed by atoms with Crippen LogP contribution in [0.5, 0.6) is 0 Å². The van der Waals surface area contributed by atoms with Crippen LogP contribution in [0.4, 0.5) is 13.2 Å². The van der Waals surface area contributed by atoms with Crippen molar-refractivity contribution in [2.45, 2.75) is 18.6 Å². The molecule has 0 aliphatic carbocycles. The van der Waals surface area contributed by atoms with Crippen molar-refractivity contribution in [1.82, 2.24) is 10.2 Å². The predicted molar refractivity (Wildman–Crippen MR) is 75.3 cm³/mol. The van der Waals surface area contributed by atoms with E-state index in [0.717, 1.165) is 26.1 Å². The Morgan fingerprint density at radius 1 is 1.24 bits per heavy atom. The van der Waals surface area contributed by atoms with Gasteiger partial charge in [-0.2, -0.15) is 13.2 Å². The number of piperazine rings is 1. The Labute approximate surface area is 123 Å². The van der Waals surface area contributed by atoms with Crippen molar-refractivity contribution in [3.05, 3.63) is 35.9 Å². The van der Waals surface area contributed by atoms with E-state index in [1.807, 2.05) is 18.2 Å². The molecular weight excluding hydrogens is 281 g/mol. The molecule has 0 bridgehead atoms. The molecule has 1 aliphatic rings. The number of hydrogen-bond donors (Lipinski definition) is 1. The van der Waals surface area contributed by atoms with E-state index in [0.29, 0.717) is 12.6 Å². The van der Waals surface area contributed by atoms with Gasteiger partial charge in [-0.05, 0) is 12.0 Å². The average Bonchev–Trinajstić information content (AvgIpc) is 2.44. The van der Waals surface area contributed by atoms with E-state index in [9.17, 15) is 13.2 Å². The molecule has 0 aromatic heterocycles. The fraction of sp³-hybridized carbons (Fsp3) is 0.600. The predicted octanol–water partition coefficient (Wildman–Crippen LogP) is 2.08. The van der Waals surface area contributed by atoms with E-state index >= 15 is 0 Å². The Bertz CT molecular complexity index is 411. The topological polar surface area (TPSA) is 24.5 Å². The minimum atomic E-state index is -4.24. The minimum Gasteiger partial charge on any atom is -0.371 e. The summed E-state index contributed by atoms with van der Waals surface area (Å²) < 4.78 is 40.6. The highest BCUT2D eigenvalue weighted by Crippen LogP contribution is 2.14. The second kappa shape index (κ2) is 7.77. The lowest BCUT2D eigenvalue weighted by molar-refractivity contribution is -0.174. The molecular formula is C15H21F3N2O. The molecule has 1 aromatic carbocycles. The average molecular weight is 302 g/mol. The van der Waals surface area contributed by atoms with Crippen LogP contribution in [0.1, 0.15) is 5.56 Å². The summed E-state index contributed by atoms with van der Waals surface area (Å²) in [6.45, 7) is 2.05. The summed E-state index contributed by atoms with van der Waals surface area (Å²) in [5.74, 6) is 0. The molecule has 1 fully saturated rings. The van der Waals surface area contributed by atoms with Crippen LogP contribution in [0.2, 0.25) is 0 Å². The van der Waals surface area contributed by atoms with E-state index in [2.05, 4.69) is 27.1 Å². The summed E-state index contributed by atoms with van der Waals surface area (Å²) in [6.07, 6.45) is -3.31. The molecule has 2 rings (SSSR count). The third-order valence-corrected chi connectivity index (χ3v) is 3.48. The smallest absolute Gasteiger partial charge is 0.371 e. The minimum absolute atomic E-state index is 0.123. The second-order valence-electron chi connectivity index (χ2n) is 5.31. The van der Waals surface area contributed by atoms with Gasteiger partial charge in [0.15, 0.2) is 0 Å². The fourth-order valence-electron chi connectivity index (χ4n) is 2.51. The second-order valence-corrected chi connectivity index (χ2v) is 5.31. The molecule has 21 heavy (non-hydrogen) atoms. The Morgan fingerprint density at radius 3 is 2.71 bits per heavy atom. The van der Waals surface area contributed by atoms with E-state index < -0.39 is 12.8 Å². The molecule has 1 N–H and O–H groups in total. The van der Waals surface area contributed by atoms with Crippen molar-refractivity contribution in [3.63, 3.8) is 0 Å². The van der Waals surface area contributed by atoms with Crippen LogP contribution in [-0.2, 0) is 11.2 Å². The number of benzene rings is 1. The van der Waals surface area contributed by atoms with Gasteiger partial charge in [-0.15, -0.1) is 0 Å². The number of halogens is 3. The van der Waals surface area contributed by atoms with Crippen molar-refractivity contribution < 1.29 is 17.9 Å². The summed E-state index contributed by atoms with van der Waals surface area (Å²) in [5, 5.41) is 3.45. The van der Waals surface area contributed by atoms with Crippen molar-refractivity contribution >= 4 is 0 Å². The first-order valence-corrected chi connectivity index (χ1v) is 7.17. The van der Waals surface area contributed by atoms with Gasteiger partial charge in [0.1, 0.15) is 6.61 Å². The molecule has 1 aliphatic heterocycles. The standard InChI is InChI=1S/C15H21F3N2O/c16-15(17,18)12-21-9-8-20-7-6-19-14(11-20)10-13-4-2-1-3-5-13/h1-5,14,19H,6-12H2. The molecule has 0 radical (unpaired) electrons. The van der Waals surface area contributed by atoms with Gasteiger partial charge in [-0.3, -0.25) is 4.90 Å². The first kappa shape index (κ1) is 16.3. The largest absolute Gasteiger partial charge is 0.411 e. The Morgan fingerprint density at radius 2 is 2.00 bits per heavy atom. The zero-order chi connectivity index (χ0) is 15.1. The lowest BCUT2D eigenvalue weighted by Gasteiger charge is -2.33. The van der Waals surface area contributed by atoms with Crippen molar-refractivity contribution in [1.29, 1.82) is 0 Å². The lowest BCUT2D eigenvalue weighted by atomic mass is 10.0. The highest BCUT2D eigenvalue weighted by molar-refractivity contribution is 5.16. The van der Waals surface area contributed by atoms with Crippen LogP contribution in [0.25, 0.3) is 0 Å². The summed E-state index contributed by atoms with van der Waals surface area (Å²) in [7, 11) is 0. The highest BCUT2D eigenvalue weighted by Gasteiger charge is 2.27.